The third-order valence-corrected chi connectivity index (χ3v) is 2.37. The number of hydrogen-bond acceptors (Lipinski definition) is 3. The van der Waals surface area contributed by atoms with E-state index in [0.717, 1.165) is 7.11 Å². The summed E-state index contributed by atoms with van der Waals surface area (Å²) in [5.74, 6) is -0.623. The van der Waals surface area contributed by atoms with Gasteiger partial charge in [0.05, 0.1) is 14.2 Å². The molecule has 0 heterocycles. The molecule has 0 aliphatic carbocycles. The molecule has 1 aromatic carbocycles. The molecule has 3 nitrogen and oxygen atoms in total. The van der Waals surface area contributed by atoms with E-state index in [1.165, 1.54) is 13.2 Å². The number of methoxy groups -OCH3 is 2. The lowest BCUT2D eigenvalue weighted by molar-refractivity contribution is -0.146. The minimum Gasteiger partial charge on any atom is -0.496 e. The average Bonchev–Trinajstić information content (AvgIpc) is 2.27. The number of ether oxygens (including phenoxy) is 2. The summed E-state index contributed by atoms with van der Waals surface area (Å²) in [4.78, 5) is 11.0. The van der Waals surface area contributed by atoms with Crippen LogP contribution in [-0.4, -0.2) is 20.2 Å². The second kappa shape index (κ2) is 5.11. The SMILES string of the molecule is COC(=O)C(F)c1cc(Br)ccc1OC. The second-order valence-corrected chi connectivity index (χ2v) is 3.69. The fourth-order valence-corrected chi connectivity index (χ4v) is 1.51. The predicted octanol–water partition coefficient (Wildman–Crippen LogP) is 2.64. The minimum atomic E-state index is -1.83. The van der Waals surface area contributed by atoms with E-state index in [4.69, 9.17) is 4.74 Å². The van der Waals surface area contributed by atoms with Gasteiger partial charge in [-0.1, -0.05) is 15.9 Å². The molecule has 1 atom stereocenters. The first-order valence-corrected chi connectivity index (χ1v) is 4.94. The van der Waals surface area contributed by atoms with E-state index >= 15 is 0 Å². The van der Waals surface area contributed by atoms with Gasteiger partial charge in [0.15, 0.2) is 0 Å². The minimum absolute atomic E-state index is 0.152. The molecule has 0 radical (unpaired) electrons. The van der Waals surface area contributed by atoms with E-state index in [0.29, 0.717) is 10.2 Å². The van der Waals surface area contributed by atoms with E-state index in [1.807, 2.05) is 0 Å². The van der Waals surface area contributed by atoms with Crippen molar-refractivity contribution in [2.24, 2.45) is 0 Å². The van der Waals surface area contributed by atoms with Crippen molar-refractivity contribution in [1.82, 2.24) is 0 Å². The Hall–Kier alpha value is -1.10. The van der Waals surface area contributed by atoms with Gasteiger partial charge in [-0.3, -0.25) is 0 Å². The van der Waals surface area contributed by atoms with Crippen LogP contribution in [0, 0.1) is 0 Å². The van der Waals surface area contributed by atoms with Gasteiger partial charge in [-0.25, -0.2) is 9.18 Å². The van der Waals surface area contributed by atoms with Gasteiger partial charge in [-0.15, -0.1) is 0 Å². The zero-order valence-corrected chi connectivity index (χ0v) is 9.88. The molecule has 1 unspecified atom stereocenters. The summed E-state index contributed by atoms with van der Waals surface area (Å²) in [5.41, 5.74) is 0.152. The van der Waals surface area contributed by atoms with Gasteiger partial charge < -0.3 is 9.47 Å². The number of benzene rings is 1. The van der Waals surface area contributed by atoms with E-state index < -0.39 is 12.1 Å². The highest BCUT2D eigenvalue weighted by Gasteiger charge is 2.24. The fraction of sp³-hybridized carbons (Fsp3) is 0.300. The molecule has 0 aromatic heterocycles. The maximum absolute atomic E-state index is 13.6. The number of rotatable bonds is 3. The Bertz CT molecular complexity index is 368. The maximum atomic E-state index is 13.6. The Labute approximate surface area is 95.3 Å². The Kier molecular flexibility index (Phi) is 4.08. The molecule has 0 spiro atoms. The quantitative estimate of drug-likeness (QED) is 0.797. The van der Waals surface area contributed by atoms with Gasteiger partial charge in [0.1, 0.15) is 5.75 Å². The zero-order valence-electron chi connectivity index (χ0n) is 8.29. The van der Waals surface area contributed by atoms with Crippen LogP contribution in [0.2, 0.25) is 0 Å². The first-order chi connectivity index (χ1) is 7.10. The van der Waals surface area contributed by atoms with Crippen LogP contribution in [-0.2, 0) is 9.53 Å². The van der Waals surface area contributed by atoms with Crippen LogP contribution in [0.25, 0.3) is 0 Å². The number of alkyl halides is 1. The van der Waals surface area contributed by atoms with Gasteiger partial charge in [-0.05, 0) is 18.2 Å². The Morgan fingerprint density at radius 3 is 2.67 bits per heavy atom. The largest absolute Gasteiger partial charge is 0.496 e. The number of carbonyl (C=O) groups excluding carboxylic acids is 1. The van der Waals surface area contributed by atoms with E-state index in [1.54, 1.807) is 12.1 Å². The predicted molar refractivity (Wildman–Crippen MR) is 56.6 cm³/mol. The second-order valence-electron chi connectivity index (χ2n) is 2.77. The lowest BCUT2D eigenvalue weighted by Gasteiger charge is -2.11. The molecule has 0 amide bonds. The third kappa shape index (κ3) is 2.68. The monoisotopic (exact) mass is 276 g/mol. The van der Waals surface area contributed by atoms with E-state index in [9.17, 15) is 9.18 Å². The zero-order chi connectivity index (χ0) is 11.4. The molecule has 0 aliphatic heterocycles. The molecule has 0 bridgehead atoms. The van der Waals surface area contributed by atoms with Gasteiger partial charge in [-0.2, -0.15) is 0 Å². The van der Waals surface area contributed by atoms with Crippen LogP contribution >= 0.6 is 15.9 Å². The molecular weight excluding hydrogens is 267 g/mol. The smallest absolute Gasteiger partial charge is 0.345 e. The normalized spacial score (nSPS) is 12.0. The van der Waals surface area contributed by atoms with Gasteiger partial charge >= 0.3 is 5.97 Å². The van der Waals surface area contributed by atoms with E-state index in [2.05, 4.69) is 20.7 Å². The molecule has 1 rings (SSSR count). The van der Waals surface area contributed by atoms with Crippen LogP contribution < -0.4 is 4.74 Å². The maximum Gasteiger partial charge on any atom is 0.345 e. The highest BCUT2D eigenvalue weighted by Crippen LogP contribution is 2.31. The highest BCUT2D eigenvalue weighted by atomic mass is 79.9. The number of carbonyl (C=O) groups is 1. The summed E-state index contributed by atoms with van der Waals surface area (Å²) >= 11 is 3.19. The van der Waals surface area contributed by atoms with Crippen LogP contribution in [0.4, 0.5) is 4.39 Å². The fourth-order valence-electron chi connectivity index (χ4n) is 1.13. The van der Waals surface area contributed by atoms with Gasteiger partial charge in [0, 0.05) is 10.0 Å². The van der Waals surface area contributed by atoms with Crippen molar-refractivity contribution in [3.05, 3.63) is 28.2 Å². The number of halogens is 2. The standard InChI is InChI=1S/C10H10BrFO3/c1-14-8-4-3-6(11)5-7(8)9(12)10(13)15-2/h3-5,9H,1-2H3. The lowest BCUT2D eigenvalue weighted by atomic mass is 10.1. The van der Waals surface area contributed by atoms with Gasteiger partial charge in [0.25, 0.3) is 0 Å². The van der Waals surface area contributed by atoms with Crippen molar-refractivity contribution in [3.8, 4) is 5.75 Å². The summed E-state index contributed by atoms with van der Waals surface area (Å²) in [6.45, 7) is 0. The van der Waals surface area contributed by atoms with Crippen molar-refractivity contribution in [3.63, 3.8) is 0 Å². The molecule has 0 fully saturated rings. The average molecular weight is 277 g/mol. The van der Waals surface area contributed by atoms with E-state index in [-0.39, 0.29) is 5.56 Å². The molecule has 0 saturated carbocycles. The molecule has 5 heteroatoms. The molecule has 82 valence electrons. The van der Waals surface area contributed by atoms with Crippen LogP contribution in [0.3, 0.4) is 0 Å². The number of esters is 1. The first-order valence-electron chi connectivity index (χ1n) is 4.15. The van der Waals surface area contributed by atoms with Gasteiger partial charge in [0.2, 0.25) is 6.17 Å². The van der Waals surface area contributed by atoms with Crippen molar-refractivity contribution in [1.29, 1.82) is 0 Å². The first kappa shape index (κ1) is 12.0. The molecule has 0 N–H and O–H groups in total. The van der Waals surface area contributed by atoms with Crippen molar-refractivity contribution in [2.45, 2.75) is 6.17 Å². The Morgan fingerprint density at radius 2 is 2.13 bits per heavy atom. The van der Waals surface area contributed by atoms with Crippen molar-refractivity contribution >= 4 is 21.9 Å². The van der Waals surface area contributed by atoms with Crippen molar-refractivity contribution < 1.29 is 18.7 Å². The van der Waals surface area contributed by atoms with Crippen LogP contribution in [0.1, 0.15) is 11.7 Å². The summed E-state index contributed by atoms with van der Waals surface area (Å²) in [7, 11) is 2.55. The summed E-state index contributed by atoms with van der Waals surface area (Å²) in [5, 5.41) is 0. The lowest BCUT2D eigenvalue weighted by Crippen LogP contribution is -2.10. The molecular formula is C10H10BrFO3. The van der Waals surface area contributed by atoms with Crippen molar-refractivity contribution in [2.75, 3.05) is 14.2 Å². The molecule has 1 aromatic rings. The summed E-state index contributed by atoms with van der Waals surface area (Å²) in [6, 6.07) is 4.77. The topological polar surface area (TPSA) is 35.5 Å². The van der Waals surface area contributed by atoms with Crippen LogP contribution in [0.15, 0.2) is 22.7 Å². The highest BCUT2D eigenvalue weighted by molar-refractivity contribution is 9.10. The molecule has 0 saturated heterocycles. The van der Waals surface area contributed by atoms with Crippen LogP contribution in [0.5, 0.6) is 5.75 Å². The Morgan fingerprint density at radius 1 is 1.47 bits per heavy atom. The summed E-state index contributed by atoms with van der Waals surface area (Å²) in [6.07, 6.45) is -1.83. The summed E-state index contributed by atoms with van der Waals surface area (Å²) < 4.78 is 23.5. The Balaban J connectivity index is 3.10. The molecule has 0 aliphatic rings. The third-order valence-electron chi connectivity index (χ3n) is 1.87. The number of hydrogen-bond donors (Lipinski definition) is 0. The molecule has 15 heavy (non-hydrogen) atoms.